The monoisotopic (exact) mass is 348 g/mol. The van der Waals surface area contributed by atoms with Gasteiger partial charge < -0.3 is 4.90 Å². The Kier molecular flexibility index (Phi) is 3.91. The Morgan fingerprint density at radius 2 is 1.88 bits per heavy atom. The van der Waals surface area contributed by atoms with Gasteiger partial charge in [-0.25, -0.2) is 15.0 Å². The van der Waals surface area contributed by atoms with Crippen molar-refractivity contribution in [1.29, 1.82) is 5.26 Å². The molecule has 0 fully saturated rings. The lowest BCUT2D eigenvalue weighted by atomic mass is 10.1. The van der Waals surface area contributed by atoms with Gasteiger partial charge in [0.05, 0.1) is 11.6 Å². The van der Waals surface area contributed by atoms with E-state index in [1.54, 1.807) is 18.5 Å². The van der Waals surface area contributed by atoms with E-state index in [0.29, 0.717) is 22.7 Å². The van der Waals surface area contributed by atoms with Crippen LogP contribution < -0.4 is 10.5 Å². The highest BCUT2D eigenvalue weighted by Gasteiger charge is 2.24. The number of nitrogens with zero attached hydrogens (tertiary/aromatic N) is 6. The van der Waals surface area contributed by atoms with Gasteiger partial charge in [-0.05, 0) is 6.07 Å². The molecule has 1 aliphatic rings. The van der Waals surface area contributed by atoms with Crippen LogP contribution >= 0.6 is 11.8 Å². The van der Waals surface area contributed by atoms with Gasteiger partial charge in [-0.2, -0.15) is 5.26 Å². The molecule has 7 nitrogen and oxygen atoms in total. The summed E-state index contributed by atoms with van der Waals surface area (Å²) in [6.45, 7) is 0.266. The summed E-state index contributed by atoms with van der Waals surface area (Å²) in [6, 6.07) is 13.0. The molecule has 25 heavy (non-hydrogen) atoms. The lowest BCUT2D eigenvalue weighted by Gasteiger charge is -2.29. The topological polar surface area (TPSA) is 87.7 Å². The second-order valence-electron chi connectivity index (χ2n) is 5.33. The Morgan fingerprint density at radius 3 is 2.60 bits per heavy atom. The molecule has 0 atom stereocenters. The molecule has 0 saturated heterocycles. The van der Waals surface area contributed by atoms with Crippen molar-refractivity contribution in [1.82, 2.24) is 19.5 Å². The zero-order valence-electron chi connectivity index (χ0n) is 13.0. The van der Waals surface area contributed by atoms with Crippen molar-refractivity contribution in [3.63, 3.8) is 0 Å². The average Bonchev–Trinajstić information content (AvgIpc) is 2.69. The smallest absolute Gasteiger partial charge is 0.274 e. The van der Waals surface area contributed by atoms with Crippen LogP contribution in [0.3, 0.4) is 0 Å². The van der Waals surface area contributed by atoms with Crippen LogP contribution in [0.4, 0.5) is 5.95 Å². The predicted octanol–water partition coefficient (Wildman–Crippen LogP) is 2.10. The highest BCUT2D eigenvalue weighted by Crippen LogP contribution is 2.28. The number of rotatable bonds is 2. The highest BCUT2D eigenvalue weighted by atomic mass is 32.2. The molecule has 1 aromatic carbocycles. The van der Waals surface area contributed by atoms with E-state index in [9.17, 15) is 10.1 Å². The minimum atomic E-state index is -0.348. The van der Waals surface area contributed by atoms with E-state index in [4.69, 9.17) is 0 Å². The van der Waals surface area contributed by atoms with E-state index in [1.807, 2.05) is 41.3 Å². The first-order valence-corrected chi connectivity index (χ1v) is 8.51. The van der Waals surface area contributed by atoms with E-state index in [2.05, 4.69) is 15.0 Å². The number of hydrogen-bond acceptors (Lipinski definition) is 7. The first kappa shape index (κ1) is 15.4. The van der Waals surface area contributed by atoms with Gasteiger partial charge >= 0.3 is 0 Å². The zero-order valence-corrected chi connectivity index (χ0v) is 13.8. The molecule has 0 spiro atoms. The van der Waals surface area contributed by atoms with Crippen molar-refractivity contribution in [2.75, 3.05) is 10.8 Å². The molecule has 4 rings (SSSR count). The Hall–Kier alpha value is -3.18. The fraction of sp³-hybridized carbons (Fsp3) is 0.118. The van der Waals surface area contributed by atoms with E-state index >= 15 is 0 Å². The van der Waals surface area contributed by atoms with Crippen molar-refractivity contribution < 1.29 is 0 Å². The van der Waals surface area contributed by atoms with Gasteiger partial charge in [-0.3, -0.25) is 9.36 Å². The molecule has 122 valence electrons. The first-order valence-electron chi connectivity index (χ1n) is 7.53. The minimum Gasteiger partial charge on any atom is -0.313 e. The van der Waals surface area contributed by atoms with E-state index < -0.39 is 0 Å². The van der Waals surface area contributed by atoms with E-state index in [-0.39, 0.29) is 17.8 Å². The third-order valence-corrected chi connectivity index (χ3v) is 4.80. The van der Waals surface area contributed by atoms with Crippen LogP contribution in [-0.4, -0.2) is 25.4 Å². The van der Waals surface area contributed by atoms with Gasteiger partial charge in [0.1, 0.15) is 18.3 Å². The lowest BCUT2D eigenvalue weighted by Crippen LogP contribution is -2.39. The van der Waals surface area contributed by atoms with Crippen molar-refractivity contribution in [3.8, 4) is 17.3 Å². The average molecular weight is 348 g/mol. The van der Waals surface area contributed by atoms with E-state index in [1.165, 1.54) is 16.3 Å². The summed E-state index contributed by atoms with van der Waals surface area (Å²) in [7, 11) is 0. The highest BCUT2D eigenvalue weighted by molar-refractivity contribution is 7.99. The van der Waals surface area contributed by atoms with Crippen LogP contribution in [0.15, 0.2) is 58.7 Å². The summed E-state index contributed by atoms with van der Waals surface area (Å²) in [4.78, 5) is 27.7. The van der Waals surface area contributed by atoms with Gasteiger partial charge in [0.15, 0.2) is 5.16 Å². The molecule has 0 N–H and O–H groups in total. The van der Waals surface area contributed by atoms with Crippen molar-refractivity contribution in [3.05, 3.63) is 64.7 Å². The number of hydrogen-bond donors (Lipinski definition) is 0. The largest absolute Gasteiger partial charge is 0.313 e. The summed E-state index contributed by atoms with van der Waals surface area (Å²) in [6.07, 6.45) is 3.31. The zero-order chi connectivity index (χ0) is 17.2. The number of thioether (sulfide) groups is 1. The van der Waals surface area contributed by atoms with Crippen LogP contribution in [-0.2, 0) is 6.67 Å². The third-order valence-electron chi connectivity index (χ3n) is 3.79. The normalized spacial score (nSPS) is 13.2. The number of benzene rings is 1. The number of fused-ring (bicyclic) bond motifs is 1. The molecule has 1 aliphatic heterocycles. The number of aromatic nitrogens is 4. The van der Waals surface area contributed by atoms with Gasteiger partial charge in [0.2, 0.25) is 5.95 Å². The summed E-state index contributed by atoms with van der Waals surface area (Å²) in [5.41, 5.74) is 0.885. The number of anilines is 1. The molecule has 2 aromatic heterocycles. The molecular weight excluding hydrogens is 336 g/mol. The van der Waals surface area contributed by atoms with Gasteiger partial charge in [-0.1, -0.05) is 42.1 Å². The molecule has 8 heteroatoms. The maximum atomic E-state index is 12.8. The fourth-order valence-electron chi connectivity index (χ4n) is 2.60. The van der Waals surface area contributed by atoms with Gasteiger partial charge in [0, 0.05) is 18.0 Å². The summed E-state index contributed by atoms with van der Waals surface area (Å²) < 4.78 is 1.50. The minimum absolute atomic E-state index is 0.0476. The summed E-state index contributed by atoms with van der Waals surface area (Å²) in [5, 5.41) is 10.1. The lowest BCUT2D eigenvalue weighted by molar-refractivity contribution is 0.552. The van der Waals surface area contributed by atoms with Gasteiger partial charge in [-0.15, -0.1) is 0 Å². The number of nitriles is 1. The predicted molar refractivity (Wildman–Crippen MR) is 93.9 cm³/mol. The molecule has 0 aliphatic carbocycles. The third kappa shape index (κ3) is 2.75. The van der Waals surface area contributed by atoms with Gasteiger partial charge in [0.25, 0.3) is 5.56 Å². The van der Waals surface area contributed by atoms with Crippen molar-refractivity contribution in [2.45, 2.75) is 11.8 Å². The van der Waals surface area contributed by atoms with Crippen LogP contribution in [0.5, 0.6) is 0 Å². The standard InChI is InChI=1S/C17H12N6OS/c18-9-13-14(12-5-2-1-3-6-12)21-17-23(15(13)24)10-22(11-25-17)16-19-7-4-8-20-16/h1-8H,10-11H2. The molecule has 3 heterocycles. The van der Waals surface area contributed by atoms with Crippen molar-refractivity contribution in [2.24, 2.45) is 0 Å². The maximum Gasteiger partial charge on any atom is 0.274 e. The molecular formula is C17H12N6OS. The fourth-order valence-corrected chi connectivity index (χ4v) is 3.52. The van der Waals surface area contributed by atoms with Crippen LogP contribution in [0.2, 0.25) is 0 Å². The van der Waals surface area contributed by atoms with Crippen LogP contribution in [0.1, 0.15) is 5.56 Å². The Morgan fingerprint density at radius 1 is 1.12 bits per heavy atom. The Bertz CT molecular complexity index is 1010. The van der Waals surface area contributed by atoms with Crippen LogP contribution in [0, 0.1) is 11.3 Å². The first-order chi connectivity index (χ1) is 12.3. The maximum absolute atomic E-state index is 12.8. The molecule has 0 amide bonds. The SMILES string of the molecule is N#Cc1c(-c2ccccc2)nc2n(c1=O)CN(c1ncccn1)CS2. The van der Waals surface area contributed by atoms with E-state index in [0.717, 1.165) is 5.56 Å². The quantitative estimate of drug-likeness (QED) is 0.655. The molecule has 0 bridgehead atoms. The summed E-state index contributed by atoms with van der Waals surface area (Å²) >= 11 is 1.42. The second-order valence-corrected chi connectivity index (χ2v) is 6.24. The second kappa shape index (κ2) is 6.37. The molecule has 0 saturated carbocycles. The Labute approximate surface area is 147 Å². The van der Waals surface area contributed by atoms with Crippen molar-refractivity contribution >= 4 is 17.7 Å². The molecule has 0 radical (unpaired) electrons. The Balaban J connectivity index is 1.81. The molecule has 0 unspecified atom stereocenters. The van der Waals surface area contributed by atoms with Crippen LogP contribution in [0.25, 0.3) is 11.3 Å². The summed E-state index contributed by atoms with van der Waals surface area (Å²) in [5.74, 6) is 1.12. The molecule has 3 aromatic rings.